The number of benzene rings is 2. The molecule has 0 spiro atoms. The van der Waals surface area contributed by atoms with Gasteiger partial charge < -0.3 is 4.57 Å². The van der Waals surface area contributed by atoms with Crippen molar-refractivity contribution in [1.82, 2.24) is 30.6 Å². The fraction of sp³-hybridized carbons (Fsp3) is 0.174. The van der Waals surface area contributed by atoms with Crippen molar-refractivity contribution in [2.24, 2.45) is 7.05 Å². The summed E-state index contributed by atoms with van der Waals surface area (Å²) in [5.41, 5.74) is 9.28. The van der Waals surface area contributed by atoms with Crippen LogP contribution >= 0.6 is 23.1 Å². The zero-order chi connectivity index (χ0) is 23.2. The van der Waals surface area contributed by atoms with E-state index in [4.69, 9.17) is 0 Å². The van der Waals surface area contributed by atoms with Crippen molar-refractivity contribution in [2.75, 3.05) is 0 Å². The highest BCUT2D eigenvalue weighted by Gasteiger charge is 2.11. The fourth-order valence-corrected chi connectivity index (χ4v) is 4.60. The van der Waals surface area contributed by atoms with Crippen molar-refractivity contribution in [3.63, 3.8) is 0 Å². The van der Waals surface area contributed by atoms with Crippen LogP contribution in [0.25, 0.3) is 10.6 Å². The van der Waals surface area contributed by atoms with E-state index < -0.39 is 0 Å². The SMILES string of the molecule is Cc1ccc(-c2nc(CC(=O)NNC(=O)c3ccc(CSc4nncn4C)cc3)cs2)cc1. The molecule has 0 saturated carbocycles. The minimum atomic E-state index is -0.380. The molecule has 2 aromatic carbocycles. The van der Waals surface area contributed by atoms with Crippen LogP contribution in [-0.4, -0.2) is 31.6 Å². The molecule has 0 atom stereocenters. The first kappa shape index (κ1) is 22.7. The number of carbonyl (C=O) groups is 2. The third-order valence-electron chi connectivity index (χ3n) is 4.76. The van der Waals surface area contributed by atoms with Gasteiger partial charge in [-0.05, 0) is 24.6 Å². The molecule has 33 heavy (non-hydrogen) atoms. The Morgan fingerprint density at radius 2 is 1.82 bits per heavy atom. The Bertz CT molecular complexity index is 1250. The molecule has 4 aromatic rings. The first-order chi connectivity index (χ1) is 16.0. The Morgan fingerprint density at radius 3 is 2.52 bits per heavy atom. The predicted molar refractivity (Wildman–Crippen MR) is 129 cm³/mol. The van der Waals surface area contributed by atoms with Gasteiger partial charge in [0.2, 0.25) is 5.91 Å². The maximum absolute atomic E-state index is 12.4. The number of thioether (sulfide) groups is 1. The molecule has 0 aliphatic carbocycles. The average molecular weight is 479 g/mol. The predicted octanol–water partition coefficient (Wildman–Crippen LogP) is 3.54. The van der Waals surface area contributed by atoms with E-state index in [9.17, 15) is 9.59 Å². The number of carbonyl (C=O) groups excluding carboxylic acids is 2. The quantitative estimate of drug-likeness (QED) is 0.311. The molecule has 0 bridgehead atoms. The lowest BCUT2D eigenvalue weighted by Gasteiger charge is -2.07. The number of hydrazine groups is 1. The topological polar surface area (TPSA) is 102 Å². The molecule has 0 aliphatic heterocycles. The van der Waals surface area contributed by atoms with Crippen LogP contribution < -0.4 is 10.9 Å². The van der Waals surface area contributed by atoms with E-state index in [1.54, 1.807) is 30.2 Å². The van der Waals surface area contributed by atoms with Crippen LogP contribution in [0.4, 0.5) is 0 Å². The monoisotopic (exact) mass is 478 g/mol. The van der Waals surface area contributed by atoms with Gasteiger partial charge in [0.1, 0.15) is 11.3 Å². The lowest BCUT2D eigenvalue weighted by Crippen LogP contribution is -2.42. The summed E-state index contributed by atoms with van der Waals surface area (Å²) in [6, 6.07) is 15.3. The molecule has 0 unspecified atom stereocenters. The highest BCUT2D eigenvalue weighted by Crippen LogP contribution is 2.24. The van der Waals surface area contributed by atoms with Crippen LogP contribution in [0.1, 0.15) is 27.2 Å². The number of aryl methyl sites for hydroxylation is 2. The number of nitrogens with one attached hydrogen (secondary N) is 2. The molecule has 0 radical (unpaired) electrons. The summed E-state index contributed by atoms with van der Waals surface area (Å²) in [5, 5.41) is 11.4. The molecule has 2 amide bonds. The molecular formula is C23H22N6O2S2. The highest BCUT2D eigenvalue weighted by molar-refractivity contribution is 7.98. The van der Waals surface area contributed by atoms with Gasteiger partial charge in [0.25, 0.3) is 5.91 Å². The van der Waals surface area contributed by atoms with Crippen LogP contribution in [-0.2, 0) is 24.0 Å². The Balaban J connectivity index is 1.25. The summed E-state index contributed by atoms with van der Waals surface area (Å²) in [6.07, 6.45) is 1.74. The van der Waals surface area contributed by atoms with Crippen molar-refractivity contribution < 1.29 is 9.59 Å². The molecular weight excluding hydrogens is 456 g/mol. The van der Waals surface area contributed by atoms with Crippen LogP contribution in [0.3, 0.4) is 0 Å². The summed E-state index contributed by atoms with van der Waals surface area (Å²) in [4.78, 5) is 29.1. The van der Waals surface area contributed by atoms with Crippen LogP contribution in [0.2, 0.25) is 0 Å². The van der Waals surface area contributed by atoms with Gasteiger partial charge in [-0.1, -0.05) is 53.7 Å². The van der Waals surface area contributed by atoms with Crippen LogP contribution in [0.15, 0.2) is 65.4 Å². The highest BCUT2D eigenvalue weighted by atomic mass is 32.2. The van der Waals surface area contributed by atoms with Gasteiger partial charge in [0.15, 0.2) is 5.16 Å². The van der Waals surface area contributed by atoms with E-state index >= 15 is 0 Å². The van der Waals surface area contributed by atoms with Crippen molar-refractivity contribution >= 4 is 34.9 Å². The van der Waals surface area contributed by atoms with Crippen LogP contribution in [0.5, 0.6) is 0 Å². The van der Waals surface area contributed by atoms with E-state index in [0.717, 1.165) is 21.3 Å². The maximum atomic E-state index is 12.4. The smallest absolute Gasteiger partial charge is 0.269 e. The van der Waals surface area contributed by atoms with E-state index in [1.807, 2.05) is 60.3 Å². The number of aromatic nitrogens is 4. The van der Waals surface area contributed by atoms with Crippen molar-refractivity contribution in [3.8, 4) is 10.6 Å². The fourth-order valence-electron chi connectivity index (χ4n) is 2.93. The summed E-state index contributed by atoms with van der Waals surface area (Å²) in [6.45, 7) is 2.03. The Labute approximate surface area is 199 Å². The second-order valence-electron chi connectivity index (χ2n) is 7.40. The number of hydrogen-bond donors (Lipinski definition) is 2. The average Bonchev–Trinajstić information content (AvgIpc) is 3.45. The molecule has 2 heterocycles. The molecule has 168 valence electrons. The Morgan fingerprint density at radius 1 is 1.06 bits per heavy atom. The minimum absolute atomic E-state index is 0.0842. The zero-order valence-electron chi connectivity index (χ0n) is 18.1. The van der Waals surface area contributed by atoms with E-state index in [2.05, 4.69) is 26.0 Å². The van der Waals surface area contributed by atoms with Gasteiger partial charge in [-0.15, -0.1) is 21.5 Å². The van der Waals surface area contributed by atoms with Gasteiger partial charge in [-0.25, -0.2) is 4.98 Å². The maximum Gasteiger partial charge on any atom is 0.269 e. The summed E-state index contributed by atoms with van der Waals surface area (Å²) in [5.74, 6) is -0.00101. The lowest BCUT2D eigenvalue weighted by molar-refractivity contribution is -0.121. The first-order valence-electron chi connectivity index (χ1n) is 10.1. The second kappa shape index (κ2) is 10.4. The summed E-state index contributed by atoms with van der Waals surface area (Å²) >= 11 is 3.05. The van der Waals surface area contributed by atoms with Crippen molar-refractivity contribution in [2.45, 2.75) is 24.3 Å². The van der Waals surface area contributed by atoms with Gasteiger partial charge in [-0.3, -0.25) is 20.4 Å². The normalized spacial score (nSPS) is 10.7. The molecule has 2 aromatic heterocycles. The van der Waals surface area contributed by atoms with E-state index in [1.165, 1.54) is 16.9 Å². The van der Waals surface area contributed by atoms with Gasteiger partial charge >= 0.3 is 0 Å². The van der Waals surface area contributed by atoms with Crippen LogP contribution in [0, 0.1) is 6.92 Å². The zero-order valence-corrected chi connectivity index (χ0v) is 19.7. The Hall–Kier alpha value is -3.50. The number of hydrogen-bond acceptors (Lipinski definition) is 7. The third-order valence-corrected chi connectivity index (χ3v) is 6.81. The minimum Gasteiger partial charge on any atom is -0.312 e. The number of nitrogens with zero attached hydrogens (tertiary/aromatic N) is 4. The standard InChI is InChI=1S/C23H22N6O2S2/c1-15-3-7-18(8-4-15)22-25-19(13-32-22)11-20(30)26-27-21(31)17-9-5-16(6-10-17)12-33-23-28-24-14-29(23)2/h3-10,13-14H,11-12H2,1-2H3,(H,26,30)(H,27,31). The van der Waals surface area contributed by atoms with Gasteiger partial charge in [0.05, 0.1) is 12.1 Å². The largest absolute Gasteiger partial charge is 0.312 e. The molecule has 10 heteroatoms. The van der Waals surface area contributed by atoms with E-state index in [0.29, 0.717) is 17.0 Å². The number of amides is 2. The van der Waals surface area contributed by atoms with Crippen molar-refractivity contribution in [3.05, 3.63) is 82.6 Å². The van der Waals surface area contributed by atoms with E-state index in [-0.39, 0.29) is 18.2 Å². The first-order valence-corrected chi connectivity index (χ1v) is 12.0. The Kier molecular flexibility index (Phi) is 7.16. The molecule has 0 saturated heterocycles. The number of thiazole rings is 1. The molecule has 0 fully saturated rings. The van der Waals surface area contributed by atoms with Gasteiger partial charge in [-0.2, -0.15) is 0 Å². The summed E-state index contributed by atoms with van der Waals surface area (Å²) < 4.78 is 1.85. The molecule has 8 nitrogen and oxygen atoms in total. The summed E-state index contributed by atoms with van der Waals surface area (Å²) in [7, 11) is 1.89. The lowest BCUT2D eigenvalue weighted by atomic mass is 10.1. The molecule has 0 aliphatic rings. The number of rotatable bonds is 7. The molecule has 4 rings (SSSR count). The van der Waals surface area contributed by atoms with Gasteiger partial charge in [0, 0.05) is 29.3 Å². The molecule has 2 N–H and O–H groups in total. The van der Waals surface area contributed by atoms with Crippen molar-refractivity contribution in [1.29, 1.82) is 0 Å². The third kappa shape index (κ3) is 6.05. The second-order valence-corrected chi connectivity index (χ2v) is 9.20.